The number of hydrogen-bond donors (Lipinski definition) is 2. The zero-order valence-corrected chi connectivity index (χ0v) is 12.4. The average Bonchev–Trinajstić information content (AvgIpc) is 2.47. The van der Waals surface area contributed by atoms with Crippen LogP contribution in [0.5, 0.6) is 0 Å². The van der Waals surface area contributed by atoms with Gasteiger partial charge in [0, 0.05) is 29.1 Å². The average molecular weight is 321 g/mol. The molecule has 0 aliphatic carbocycles. The van der Waals surface area contributed by atoms with Gasteiger partial charge in [-0.1, -0.05) is 12.1 Å². The number of halogens is 1. The van der Waals surface area contributed by atoms with E-state index in [1.807, 2.05) is 0 Å². The van der Waals surface area contributed by atoms with Gasteiger partial charge in [-0.25, -0.2) is 4.39 Å². The molecule has 7 heteroatoms. The maximum Gasteiger partial charge on any atom is 0.224 e. The zero-order chi connectivity index (χ0) is 15.9. The van der Waals surface area contributed by atoms with Crippen LogP contribution in [0.3, 0.4) is 0 Å². The summed E-state index contributed by atoms with van der Waals surface area (Å²) in [4.78, 5) is 11.8. The van der Waals surface area contributed by atoms with E-state index in [-0.39, 0.29) is 18.1 Å². The summed E-state index contributed by atoms with van der Waals surface area (Å²) in [5.74, 6) is -0.519. The van der Waals surface area contributed by atoms with Crippen LogP contribution in [0, 0.1) is 5.82 Å². The Balaban J connectivity index is 1.85. The van der Waals surface area contributed by atoms with Gasteiger partial charge < -0.3 is 14.6 Å². The quantitative estimate of drug-likeness (QED) is 0.802. The van der Waals surface area contributed by atoms with Crippen LogP contribution in [0.1, 0.15) is 12.0 Å². The van der Waals surface area contributed by atoms with Gasteiger partial charge in [-0.05, 0) is 48.4 Å². The first kappa shape index (κ1) is 16.1. The van der Waals surface area contributed by atoms with E-state index in [1.54, 1.807) is 24.3 Å². The molecule has 5 nitrogen and oxygen atoms in total. The second kappa shape index (κ2) is 7.67. The normalized spacial score (nSPS) is 11.7. The molecular formula is C15H14FN2O3S-. The second-order valence-electron chi connectivity index (χ2n) is 4.59. The Bertz CT molecular complexity index is 677. The Kier molecular flexibility index (Phi) is 5.62. The van der Waals surface area contributed by atoms with E-state index in [0.29, 0.717) is 17.8 Å². The topological polar surface area (TPSA) is 81.3 Å². The summed E-state index contributed by atoms with van der Waals surface area (Å²) < 4.78 is 36.2. The Labute approximate surface area is 130 Å². The SMILES string of the molecule is O=C(CCc1cccc(F)c1)Nc1ccc(NS(=O)[O-])cc1. The van der Waals surface area contributed by atoms with Gasteiger partial charge in [0.1, 0.15) is 5.82 Å². The highest BCUT2D eigenvalue weighted by molar-refractivity contribution is 7.80. The molecule has 0 fully saturated rings. The number of nitrogens with one attached hydrogen (secondary N) is 2. The molecule has 2 rings (SSSR count). The van der Waals surface area contributed by atoms with Crippen molar-refractivity contribution in [2.24, 2.45) is 0 Å². The van der Waals surface area contributed by atoms with Crippen LogP contribution in [0.2, 0.25) is 0 Å². The van der Waals surface area contributed by atoms with Gasteiger partial charge in [-0.3, -0.25) is 9.00 Å². The first-order chi connectivity index (χ1) is 10.5. The van der Waals surface area contributed by atoms with E-state index in [4.69, 9.17) is 0 Å². The maximum absolute atomic E-state index is 13.0. The lowest BCUT2D eigenvalue weighted by Crippen LogP contribution is -2.12. The van der Waals surface area contributed by atoms with Crippen molar-refractivity contribution in [2.45, 2.75) is 12.8 Å². The molecule has 0 heterocycles. The van der Waals surface area contributed by atoms with Crippen molar-refractivity contribution in [2.75, 3.05) is 10.0 Å². The highest BCUT2D eigenvalue weighted by atomic mass is 32.2. The summed E-state index contributed by atoms with van der Waals surface area (Å²) in [5, 5.41) is 2.69. The smallest absolute Gasteiger partial charge is 0.224 e. The molecule has 0 spiro atoms. The monoisotopic (exact) mass is 321 g/mol. The molecule has 0 radical (unpaired) electrons. The third kappa shape index (κ3) is 5.27. The maximum atomic E-state index is 13.0. The van der Waals surface area contributed by atoms with E-state index in [0.717, 1.165) is 5.56 Å². The highest BCUT2D eigenvalue weighted by Gasteiger charge is 2.04. The lowest BCUT2D eigenvalue weighted by Gasteiger charge is -2.10. The molecule has 0 aliphatic heterocycles. The van der Waals surface area contributed by atoms with E-state index in [9.17, 15) is 17.9 Å². The van der Waals surface area contributed by atoms with Gasteiger partial charge >= 0.3 is 0 Å². The molecule has 1 atom stereocenters. The van der Waals surface area contributed by atoms with Crippen LogP contribution in [-0.2, 0) is 22.5 Å². The fraction of sp³-hybridized carbons (Fsp3) is 0.133. The molecule has 1 amide bonds. The number of amides is 1. The van der Waals surface area contributed by atoms with E-state index in [2.05, 4.69) is 10.0 Å². The van der Waals surface area contributed by atoms with Crippen molar-refractivity contribution in [1.29, 1.82) is 0 Å². The summed E-state index contributed by atoms with van der Waals surface area (Å²) in [6.45, 7) is 0. The van der Waals surface area contributed by atoms with Crippen LogP contribution in [-0.4, -0.2) is 14.7 Å². The van der Waals surface area contributed by atoms with Crippen LogP contribution in [0.4, 0.5) is 15.8 Å². The Morgan fingerprint density at radius 1 is 1.14 bits per heavy atom. The number of rotatable bonds is 6. The number of benzene rings is 2. The summed E-state index contributed by atoms with van der Waals surface area (Å²) >= 11 is -2.38. The number of aryl methyl sites for hydroxylation is 1. The number of anilines is 2. The van der Waals surface area contributed by atoms with Crippen LogP contribution < -0.4 is 10.0 Å². The number of carbonyl (C=O) groups excluding carboxylic acids is 1. The van der Waals surface area contributed by atoms with Crippen molar-refractivity contribution in [1.82, 2.24) is 0 Å². The van der Waals surface area contributed by atoms with Gasteiger partial charge in [-0.15, -0.1) is 0 Å². The minimum Gasteiger partial charge on any atom is -0.755 e. The third-order valence-corrected chi connectivity index (χ3v) is 3.30. The van der Waals surface area contributed by atoms with Crippen LogP contribution >= 0.6 is 0 Å². The predicted molar refractivity (Wildman–Crippen MR) is 82.3 cm³/mol. The van der Waals surface area contributed by atoms with Gasteiger partial charge in [0.25, 0.3) is 0 Å². The lowest BCUT2D eigenvalue weighted by molar-refractivity contribution is -0.116. The fourth-order valence-corrected chi connectivity index (χ4v) is 2.22. The first-order valence-electron chi connectivity index (χ1n) is 6.53. The van der Waals surface area contributed by atoms with Crippen molar-refractivity contribution < 1.29 is 17.9 Å². The standard InChI is InChI=1S/C15H15FN2O3S/c16-12-3-1-2-11(10-12)4-9-15(19)17-13-5-7-14(8-6-13)18-22(20)21/h1-3,5-8,10,18H,4,9H2,(H,17,19)(H,20,21)/p-1. The highest BCUT2D eigenvalue weighted by Crippen LogP contribution is 2.14. The third-order valence-electron chi connectivity index (χ3n) is 2.90. The molecule has 0 saturated carbocycles. The van der Waals surface area contributed by atoms with Crippen LogP contribution in [0.25, 0.3) is 0 Å². The molecule has 116 valence electrons. The fourth-order valence-electron chi connectivity index (χ4n) is 1.89. The molecule has 2 N–H and O–H groups in total. The summed E-state index contributed by atoms with van der Waals surface area (Å²) in [7, 11) is 0. The minimum absolute atomic E-state index is 0.197. The molecule has 0 bridgehead atoms. The van der Waals surface area contributed by atoms with Crippen molar-refractivity contribution >= 4 is 28.5 Å². The molecule has 0 aromatic heterocycles. The van der Waals surface area contributed by atoms with E-state index < -0.39 is 11.3 Å². The number of carbonyl (C=O) groups is 1. The lowest BCUT2D eigenvalue weighted by atomic mass is 10.1. The van der Waals surface area contributed by atoms with Crippen molar-refractivity contribution in [3.05, 3.63) is 59.9 Å². The molecule has 1 unspecified atom stereocenters. The van der Waals surface area contributed by atoms with Gasteiger partial charge in [0.2, 0.25) is 5.91 Å². The van der Waals surface area contributed by atoms with E-state index in [1.165, 1.54) is 24.3 Å². The molecule has 2 aromatic rings. The Morgan fingerprint density at radius 3 is 2.45 bits per heavy atom. The molecule has 2 aromatic carbocycles. The first-order valence-corrected chi connectivity index (χ1v) is 7.61. The van der Waals surface area contributed by atoms with Gasteiger partial charge in [0.15, 0.2) is 0 Å². The van der Waals surface area contributed by atoms with Crippen molar-refractivity contribution in [3.63, 3.8) is 0 Å². The number of hydrogen-bond acceptors (Lipinski definition) is 3. The summed E-state index contributed by atoms with van der Waals surface area (Å²) in [5.41, 5.74) is 1.73. The predicted octanol–water partition coefficient (Wildman–Crippen LogP) is 2.60. The van der Waals surface area contributed by atoms with Gasteiger partial charge in [0.05, 0.1) is 0 Å². The molecule has 22 heavy (non-hydrogen) atoms. The van der Waals surface area contributed by atoms with E-state index >= 15 is 0 Å². The molecular weight excluding hydrogens is 307 g/mol. The molecule has 0 aliphatic rings. The second-order valence-corrected chi connectivity index (χ2v) is 5.27. The van der Waals surface area contributed by atoms with Crippen LogP contribution in [0.15, 0.2) is 48.5 Å². The minimum atomic E-state index is -2.38. The Morgan fingerprint density at radius 2 is 1.82 bits per heavy atom. The zero-order valence-electron chi connectivity index (χ0n) is 11.5. The van der Waals surface area contributed by atoms with Crippen molar-refractivity contribution in [3.8, 4) is 0 Å². The van der Waals surface area contributed by atoms with Gasteiger partial charge in [-0.2, -0.15) is 0 Å². The Hall–Kier alpha value is -2.25. The summed E-state index contributed by atoms with van der Waals surface area (Å²) in [6, 6.07) is 12.4. The largest absolute Gasteiger partial charge is 0.755 e. The molecule has 0 saturated heterocycles. The summed E-state index contributed by atoms with van der Waals surface area (Å²) in [6.07, 6.45) is 0.673.